The highest BCUT2D eigenvalue weighted by Crippen LogP contribution is 2.08. The summed E-state index contributed by atoms with van der Waals surface area (Å²) in [5, 5.41) is 11.8. The van der Waals surface area contributed by atoms with Gasteiger partial charge in [-0.15, -0.1) is 0 Å². The number of nitrogens with zero attached hydrogens (tertiary/aromatic N) is 3. The first-order chi connectivity index (χ1) is 7.17. The summed E-state index contributed by atoms with van der Waals surface area (Å²) in [6, 6.07) is 2.87. The molecule has 1 heterocycles. The van der Waals surface area contributed by atoms with Crippen LogP contribution in [0.2, 0.25) is 0 Å². The zero-order valence-electron chi connectivity index (χ0n) is 10.0. The van der Waals surface area contributed by atoms with Crippen molar-refractivity contribution in [2.75, 3.05) is 40.3 Å². The molecule has 86 valence electrons. The van der Waals surface area contributed by atoms with Gasteiger partial charge >= 0.3 is 0 Å². The van der Waals surface area contributed by atoms with Crippen LogP contribution in [-0.4, -0.2) is 62.2 Å². The Bertz CT molecular complexity index is 223. The average molecular weight is 210 g/mol. The predicted octanol–water partition coefficient (Wildman–Crippen LogP) is 0.124. The summed E-state index contributed by atoms with van der Waals surface area (Å²) in [5.74, 6) is 0. The van der Waals surface area contributed by atoms with Crippen molar-refractivity contribution in [3.8, 4) is 6.07 Å². The monoisotopic (exact) mass is 210 g/mol. The highest BCUT2D eigenvalue weighted by Gasteiger charge is 2.21. The Morgan fingerprint density at radius 3 is 2.80 bits per heavy atom. The molecular formula is C11H22N4. The van der Waals surface area contributed by atoms with Gasteiger partial charge in [-0.05, 0) is 27.4 Å². The van der Waals surface area contributed by atoms with E-state index in [9.17, 15) is 0 Å². The normalized spacial score (nSPS) is 26.1. The fourth-order valence-corrected chi connectivity index (χ4v) is 2.08. The second kappa shape index (κ2) is 6.06. The molecule has 0 spiro atoms. The summed E-state index contributed by atoms with van der Waals surface area (Å²) < 4.78 is 0. The van der Waals surface area contributed by atoms with Gasteiger partial charge in [-0.3, -0.25) is 4.90 Å². The van der Waals surface area contributed by atoms with E-state index in [1.165, 1.54) is 0 Å². The van der Waals surface area contributed by atoms with E-state index < -0.39 is 0 Å². The first-order valence-electron chi connectivity index (χ1n) is 5.67. The van der Waals surface area contributed by atoms with Crippen LogP contribution < -0.4 is 5.32 Å². The highest BCUT2D eigenvalue weighted by molar-refractivity contribution is 4.90. The van der Waals surface area contributed by atoms with Crippen molar-refractivity contribution in [2.45, 2.75) is 25.4 Å². The van der Waals surface area contributed by atoms with Crippen molar-refractivity contribution in [3.63, 3.8) is 0 Å². The van der Waals surface area contributed by atoms with Crippen LogP contribution in [0.4, 0.5) is 0 Å². The van der Waals surface area contributed by atoms with Gasteiger partial charge in [0, 0.05) is 32.2 Å². The van der Waals surface area contributed by atoms with E-state index in [4.69, 9.17) is 5.26 Å². The maximum atomic E-state index is 8.82. The van der Waals surface area contributed by atoms with Crippen LogP contribution in [0.1, 0.15) is 13.3 Å². The van der Waals surface area contributed by atoms with Gasteiger partial charge in [0.15, 0.2) is 0 Å². The van der Waals surface area contributed by atoms with Crippen molar-refractivity contribution >= 4 is 0 Å². The zero-order chi connectivity index (χ0) is 11.3. The van der Waals surface area contributed by atoms with Crippen molar-refractivity contribution < 1.29 is 0 Å². The molecule has 0 aromatic carbocycles. The fraction of sp³-hybridized carbons (Fsp3) is 0.909. The third-order valence-electron chi connectivity index (χ3n) is 3.18. The van der Waals surface area contributed by atoms with E-state index in [1.807, 2.05) is 7.05 Å². The Morgan fingerprint density at radius 2 is 2.27 bits per heavy atom. The van der Waals surface area contributed by atoms with Crippen molar-refractivity contribution in [1.82, 2.24) is 15.1 Å². The average Bonchev–Trinajstić information content (AvgIpc) is 2.22. The summed E-state index contributed by atoms with van der Waals surface area (Å²) >= 11 is 0. The largest absolute Gasteiger partial charge is 0.305 e. The van der Waals surface area contributed by atoms with Crippen molar-refractivity contribution in [2.24, 2.45) is 0 Å². The number of hydrogen-bond donors (Lipinski definition) is 1. The van der Waals surface area contributed by atoms with Crippen molar-refractivity contribution in [3.05, 3.63) is 0 Å². The molecule has 4 nitrogen and oxygen atoms in total. The number of rotatable bonds is 4. The Hall–Kier alpha value is -0.630. The zero-order valence-corrected chi connectivity index (χ0v) is 10.0. The molecule has 2 atom stereocenters. The molecule has 1 rings (SSSR count). The molecule has 15 heavy (non-hydrogen) atoms. The molecule has 0 aliphatic carbocycles. The smallest absolute Gasteiger partial charge is 0.0962 e. The van der Waals surface area contributed by atoms with Crippen LogP contribution in [0.5, 0.6) is 0 Å². The van der Waals surface area contributed by atoms with E-state index >= 15 is 0 Å². The number of nitrogens with one attached hydrogen (secondary N) is 1. The Kier molecular flexibility index (Phi) is 5.03. The maximum Gasteiger partial charge on any atom is 0.0962 e. The summed E-state index contributed by atoms with van der Waals surface area (Å²) in [5.41, 5.74) is 0. The second-order valence-corrected chi connectivity index (χ2v) is 4.41. The van der Waals surface area contributed by atoms with Gasteiger partial charge in [-0.2, -0.15) is 5.26 Å². The standard InChI is InChI=1S/C11H22N4/c1-10-9-14(3)6-7-15(10)5-4-11(8-12)13-2/h10-11,13H,4-7,9H2,1-3H3. The summed E-state index contributed by atoms with van der Waals surface area (Å²) in [6.07, 6.45) is 0.918. The Morgan fingerprint density at radius 1 is 1.53 bits per heavy atom. The third kappa shape index (κ3) is 3.78. The molecule has 0 aromatic rings. The van der Waals surface area contributed by atoms with E-state index in [0.29, 0.717) is 6.04 Å². The summed E-state index contributed by atoms with van der Waals surface area (Å²) in [7, 11) is 4.01. The molecule has 4 heteroatoms. The lowest BCUT2D eigenvalue weighted by atomic mass is 10.1. The maximum absolute atomic E-state index is 8.82. The summed E-state index contributed by atoms with van der Waals surface area (Å²) in [4.78, 5) is 4.84. The van der Waals surface area contributed by atoms with Gasteiger partial charge in [-0.1, -0.05) is 0 Å². The summed E-state index contributed by atoms with van der Waals surface area (Å²) in [6.45, 7) is 6.68. The van der Waals surface area contributed by atoms with Crippen molar-refractivity contribution in [1.29, 1.82) is 5.26 Å². The fourth-order valence-electron chi connectivity index (χ4n) is 2.08. The lowest BCUT2D eigenvalue weighted by molar-refractivity contribution is 0.0978. The Labute approximate surface area is 92.8 Å². The van der Waals surface area contributed by atoms with Crippen LogP contribution in [0.25, 0.3) is 0 Å². The van der Waals surface area contributed by atoms with Gasteiger partial charge in [0.1, 0.15) is 0 Å². The first-order valence-corrected chi connectivity index (χ1v) is 5.67. The minimum atomic E-state index is -0.00291. The Balaban J connectivity index is 2.30. The van der Waals surface area contributed by atoms with Gasteiger partial charge in [0.25, 0.3) is 0 Å². The van der Waals surface area contributed by atoms with Crippen LogP contribution in [0.3, 0.4) is 0 Å². The third-order valence-corrected chi connectivity index (χ3v) is 3.18. The van der Waals surface area contributed by atoms with Gasteiger partial charge in [-0.25, -0.2) is 0 Å². The van der Waals surface area contributed by atoms with Gasteiger partial charge < -0.3 is 10.2 Å². The molecule has 1 N–H and O–H groups in total. The van der Waals surface area contributed by atoms with Crippen LogP contribution >= 0.6 is 0 Å². The van der Waals surface area contributed by atoms with Gasteiger partial charge in [0.2, 0.25) is 0 Å². The molecule has 1 aliphatic heterocycles. The molecular weight excluding hydrogens is 188 g/mol. The quantitative estimate of drug-likeness (QED) is 0.716. The minimum absolute atomic E-state index is 0.00291. The van der Waals surface area contributed by atoms with Crippen LogP contribution in [-0.2, 0) is 0 Å². The lowest BCUT2D eigenvalue weighted by Crippen LogP contribution is -2.51. The molecule has 1 fully saturated rings. The van der Waals surface area contributed by atoms with E-state index in [-0.39, 0.29) is 6.04 Å². The molecule has 0 amide bonds. The van der Waals surface area contributed by atoms with E-state index in [1.54, 1.807) is 0 Å². The molecule has 0 saturated carbocycles. The molecule has 0 bridgehead atoms. The van der Waals surface area contributed by atoms with Crippen LogP contribution in [0.15, 0.2) is 0 Å². The number of hydrogen-bond acceptors (Lipinski definition) is 4. The molecule has 1 aliphatic rings. The molecule has 2 unspecified atom stereocenters. The first kappa shape index (κ1) is 12.4. The highest BCUT2D eigenvalue weighted by atomic mass is 15.3. The number of nitriles is 1. The second-order valence-electron chi connectivity index (χ2n) is 4.41. The number of likely N-dealkylation sites (N-methyl/N-ethyl adjacent to an activating group) is 1. The molecule has 0 aromatic heterocycles. The molecule has 0 radical (unpaired) electrons. The topological polar surface area (TPSA) is 42.3 Å². The van der Waals surface area contributed by atoms with E-state index in [0.717, 1.165) is 32.6 Å². The SMILES string of the molecule is CNC(C#N)CCN1CCN(C)CC1C. The van der Waals surface area contributed by atoms with E-state index in [2.05, 4.69) is 35.2 Å². The minimum Gasteiger partial charge on any atom is -0.305 e. The van der Waals surface area contributed by atoms with Gasteiger partial charge in [0.05, 0.1) is 12.1 Å². The predicted molar refractivity (Wildman–Crippen MR) is 61.6 cm³/mol. The lowest BCUT2D eigenvalue weighted by Gasteiger charge is -2.38. The number of piperazine rings is 1. The van der Waals surface area contributed by atoms with Crippen LogP contribution in [0, 0.1) is 11.3 Å². The molecule has 1 saturated heterocycles.